The second-order valence-electron chi connectivity index (χ2n) is 4.18. The van der Waals surface area contributed by atoms with Gasteiger partial charge in [0.15, 0.2) is 0 Å². The van der Waals surface area contributed by atoms with E-state index in [1.165, 1.54) is 41.8 Å². The van der Waals surface area contributed by atoms with E-state index in [2.05, 4.69) is 31.8 Å². The van der Waals surface area contributed by atoms with Crippen molar-refractivity contribution >= 4 is 0 Å². The Bertz CT molecular complexity index is 297. The van der Waals surface area contributed by atoms with Crippen LogP contribution in [-0.2, 0) is 12.8 Å². The highest BCUT2D eigenvalue weighted by atomic mass is 14.7. The summed E-state index contributed by atoms with van der Waals surface area (Å²) >= 11 is 0. The molecule has 70 valence electrons. The maximum Gasteiger partial charge on any atom is 0.0441 e. The average Bonchev–Trinajstić information content (AvgIpc) is 2.48. The lowest BCUT2D eigenvalue weighted by atomic mass is 10.0. The Morgan fingerprint density at radius 2 is 2.15 bits per heavy atom. The van der Waals surface area contributed by atoms with Gasteiger partial charge in [0.25, 0.3) is 0 Å². The van der Waals surface area contributed by atoms with Crippen LogP contribution in [0.3, 0.4) is 0 Å². The molecule has 1 atom stereocenters. The lowest BCUT2D eigenvalue weighted by molar-refractivity contribution is 0.540. The molecule has 13 heavy (non-hydrogen) atoms. The van der Waals surface area contributed by atoms with Crippen molar-refractivity contribution in [2.45, 2.75) is 40.0 Å². The van der Waals surface area contributed by atoms with Gasteiger partial charge in [0, 0.05) is 11.4 Å². The van der Waals surface area contributed by atoms with E-state index in [1.807, 2.05) is 0 Å². The number of hydrogen-bond acceptors (Lipinski definition) is 1. The van der Waals surface area contributed by atoms with Gasteiger partial charge in [-0.3, -0.25) is 4.98 Å². The van der Waals surface area contributed by atoms with Gasteiger partial charge in [-0.25, -0.2) is 0 Å². The van der Waals surface area contributed by atoms with Crippen molar-refractivity contribution in [3.05, 3.63) is 28.6 Å². The molecule has 1 aromatic rings. The maximum atomic E-state index is 4.65. The molecule has 0 spiro atoms. The Kier molecular flexibility index (Phi) is 2.10. The summed E-state index contributed by atoms with van der Waals surface area (Å²) in [6, 6.07) is 2.33. The minimum Gasteiger partial charge on any atom is -0.258 e. The van der Waals surface area contributed by atoms with E-state index in [-0.39, 0.29) is 0 Å². The van der Waals surface area contributed by atoms with Gasteiger partial charge in [0.1, 0.15) is 0 Å². The van der Waals surface area contributed by atoms with Crippen LogP contribution < -0.4 is 0 Å². The predicted molar refractivity (Wildman–Crippen MR) is 54.9 cm³/mol. The topological polar surface area (TPSA) is 12.9 Å². The van der Waals surface area contributed by atoms with E-state index in [0.29, 0.717) is 0 Å². The minimum absolute atomic E-state index is 0.851. The van der Waals surface area contributed by atoms with Gasteiger partial charge in [-0.2, -0.15) is 0 Å². The van der Waals surface area contributed by atoms with Gasteiger partial charge in [-0.05, 0) is 43.7 Å². The molecule has 0 fully saturated rings. The minimum atomic E-state index is 0.851. The summed E-state index contributed by atoms with van der Waals surface area (Å²) in [6.07, 6.45) is 3.74. The van der Waals surface area contributed by atoms with Gasteiger partial charge < -0.3 is 0 Å². The Balaban J connectivity index is 2.36. The number of rotatable bonds is 1. The zero-order valence-corrected chi connectivity index (χ0v) is 8.72. The zero-order chi connectivity index (χ0) is 9.42. The van der Waals surface area contributed by atoms with E-state index in [4.69, 9.17) is 0 Å². The molecule has 1 nitrogen and oxygen atoms in total. The molecule has 0 amide bonds. The summed E-state index contributed by atoms with van der Waals surface area (Å²) in [7, 11) is 0. The Morgan fingerprint density at radius 1 is 1.38 bits per heavy atom. The Hall–Kier alpha value is -0.850. The summed E-state index contributed by atoms with van der Waals surface area (Å²) in [6.45, 7) is 6.53. The van der Waals surface area contributed by atoms with E-state index in [1.54, 1.807) is 0 Å². The number of nitrogens with zero attached hydrogens (tertiary/aromatic N) is 1. The van der Waals surface area contributed by atoms with Crippen molar-refractivity contribution in [2.75, 3.05) is 0 Å². The third-order valence-electron chi connectivity index (χ3n) is 3.20. The molecule has 0 aliphatic heterocycles. The molecule has 1 aromatic heterocycles. The number of fused-ring (bicyclic) bond motifs is 1. The summed E-state index contributed by atoms with van der Waals surface area (Å²) < 4.78 is 0. The monoisotopic (exact) mass is 175 g/mol. The van der Waals surface area contributed by atoms with E-state index in [0.717, 1.165) is 5.92 Å². The van der Waals surface area contributed by atoms with Crippen LogP contribution in [0.25, 0.3) is 0 Å². The molecule has 1 unspecified atom stereocenters. The van der Waals surface area contributed by atoms with Crippen LogP contribution in [0.1, 0.15) is 35.9 Å². The Labute approximate surface area is 80.2 Å². The van der Waals surface area contributed by atoms with Gasteiger partial charge in [-0.1, -0.05) is 19.4 Å². The largest absolute Gasteiger partial charge is 0.258 e. The fraction of sp³-hybridized carbons (Fsp3) is 0.583. The lowest BCUT2D eigenvalue weighted by Crippen LogP contribution is -1.96. The predicted octanol–water partition coefficient (Wildman–Crippen LogP) is 2.82. The molecule has 0 bridgehead atoms. The number of hydrogen-bond donors (Lipinski definition) is 0. The molecule has 0 N–H and O–H groups in total. The van der Waals surface area contributed by atoms with Crippen molar-refractivity contribution in [3.63, 3.8) is 0 Å². The van der Waals surface area contributed by atoms with E-state index in [9.17, 15) is 0 Å². The highest BCUT2D eigenvalue weighted by Gasteiger charge is 2.21. The lowest BCUT2D eigenvalue weighted by Gasteiger charge is -2.02. The molecule has 0 saturated carbocycles. The number of aromatic nitrogens is 1. The summed E-state index contributed by atoms with van der Waals surface area (Å²) in [4.78, 5) is 4.65. The van der Waals surface area contributed by atoms with Crippen LogP contribution in [0.2, 0.25) is 0 Å². The fourth-order valence-corrected chi connectivity index (χ4v) is 2.11. The molecule has 1 heterocycles. The number of aryl methyl sites for hydroxylation is 2. The molecular weight excluding hydrogens is 158 g/mol. The smallest absolute Gasteiger partial charge is 0.0441 e. The SMILES string of the molecule is CCC1Cc2cc(C)c(C)nc2C1. The second kappa shape index (κ2) is 3.13. The standard InChI is InChI=1S/C12H17N/c1-4-10-6-11-5-8(2)9(3)13-12(11)7-10/h5,10H,4,6-7H2,1-3H3. The fourth-order valence-electron chi connectivity index (χ4n) is 2.11. The normalized spacial score (nSPS) is 20.4. The quantitative estimate of drug-likeness (QED) is 0.639. The average molecular weight is 175 g/mol. The van der Waals surface area contributed by atoms with Crippen LogP contribution in [0.15, 0.2) is 6.07 Å². The molecule has 1 aliphatic carbocycles. The van der Waals surface area contributed by atoms with Gasteiger partial charge >= 0.3 is 0 Å². The van der Waals surface area contributed by atoms with Crippen molar-refractivity contribution in [1.29, 1.82) is 0 Å². The summed E-state index contributed by atoms with van der Waals surface area (Å²) in [5, 5.41) is 0. The van der Waals surface area contributed by atoms with Gasteiger partial charge in [-0.15, -0.1) is 0 Å². The van der Waals surface area contributed by atoms with Crippen molar-refractivity contribution in [1.82, 2.24) is 4.98 Å². The van der Waals surface area contributed by atoms with E-state index >= 15 is 0 Å². The molecule has 1 heteroatoms. The summed E-state index contributed by atoms with van der Waals surface area (Å²) in [5.74, 6) is 0.851. The highest BCUT2D eigenvalue weighted by molar-refractivity contribution is 5.32. The van der Waals surface area contributed by atoms with Crippen molar-refractivity contribution in [2.24, 2.45) is 5.92 Å². The van der Waals surface area contributed by atoms with Crippen LogP contribution >= 0.6 is 0 Å². The first kappa shape index (κ1) is 8.74. The second-order valence-corrected chi connectivity index (χ2v) is 4.18. The van der Waals surface area contributed by atoms with Gasteiger partial charge in [0.05, 0.1) is 0 Å². The molecule has 0 saturated heterocycles. The highest BCUT2D eigenvalue weighted by Crippen LogP contribution is 2.28. The van der Waals surface area contributed by atoms with Gasteiger partial charge in [0.2, 0.25) is 0 Å². The molecule has 0 radical (unpaired) electrons. The first-order chi connectivity index (χ1) is 6.20. The first-order valence-electron chi connectivity index (χ1n) is 5.16. The maximum absolute atomic E-state index is 4.65. The number of pyridine rings is 1. The van der Waals surface area contributed by atoms with Crippen molar-refractivity contribution < 1.29 is 0 Å². The molecular formula is C12H17N. The molecule has 0 aromatic carbocycles. The zero-order valence-electron chi connectivity index (χ0n) is 8.72. The first-order valence-corrected chi connectivity index (χ1v) is 5.16. The van der Waals surface area contributed by atoms with Crippen LogP contribution in [0, 0.1) is 19.8 Å². The van der Waals surface area contributed by atoms with Crippen molar-refractivity contribution in [3.8, 4) is 0 Å². The third-order valence-corrected chi connectivity index (χ3v) is 3.20. The Morgan fingerprint density at radius 3 is 2.85 bits per heavy atom. The molecule has 1 aliphatic rings. The third kappa shape index (κ3) is 1.48. The molecule has 2 rings (SSSR count). The van der Waals surface area contributed by atoms with Crippen LogP contribution in [0.4, 0.5) is 0 Å². The van der Waals surface area contributed by atoms with Crippen LogP contribution in [-0.4, -0.2) is 4.98 Å². The van der Waals surface area contributed by atoms with E-state index < -0.39 is 0 Å². The van der Waals surface area contributed by atoms with Crippen LogP contribution in [0.5, 0.6) is 0 Å². The summed E-state index contributed by atoms with van der Waals surface area (Å²) in [5.41, 5.74) is 5.40.